The summed E-state index contributed by atoms with van der Waals surface area (Å²) in [4.78, 5) is 6.87. The molecule has 0 radical (unpaired) electrons. The van der Waals surface area contributed by atoms with Crippen LogP contribution in [0.2, 0.25) is 0 Å². The van der Waals surface area contributed by atoms with Crippen molar-refractivity contribution in [1.82, 2.24) is 20.3 Å². The van der Waals surface area contributed by atoms with Crippen molar-refractivity contribution in [2.45, 2.75) is 12.3 Å². The van der Waals surface area contributed by atoms with E-state index in [0.717, 1.165) is 18.1 Å². The highest BCUT2D eigenvalue weighted by Gasteiger charge is 2.21. The molecule has 0 unspecified atom stereocenters. The molecule has 1 fully saturated rings. The van der Waals surface area contributed by atoms with Crippen LogP contribution in [-0.4, -0.2) is 42.1 Å². The lowest BCUT2D eigenvalue weighted by molar-refractivity contribution is 0.373. The molecule has 0 saturated carbocycles. The molecule has 21 heavy (non-hydrogen) atoms. The molecule has 0 aliphatic carbocycles. The molecule has 1 aromatic rings. The highest BCUT2D eigenvalue weighted by atomic mass is 35.5. The van der Waals surface area contributed by atoms with Gasteiger partial charge in [-0.05, 0) is 43.6 Å². The van der Waals surface area contributed by atoms with Gasteiger partial charge >= 0.3 is 0 Å². The third kappa shape index (κ3) is 3.49. The maximum absolute atomic E-state index is 6.00. The number of anilines is 1. The van der Waals surface area contributed by atoms with Crippen molar-refractivity contribution in [1.29, 1.82) is 0 Å². The Kier molecular flexibility index (Phi) is 4.03. The zero-order valence-corrected chi connectivity index (χ0v) is 13.1. The lowest BCUT2D eigenvalue weighted by Crippen LogP contribution is -2.31. The molecule has 1 aromatic heterocycles. The molecule has 0 amide bonds. The highest BCUT2D eigenvalue weighted by molar-refractivity contribution is 6.29. The van der Waals surface area contributed by atoms with Crippen LogP contribution in [0.3, 0.4) is 0 Å². The Morgan fingerprint density at radius 2 is 2.24 bits per heavy atom. The zero-order chi connectivity index (χ0) is 14.8. The van der Waals surface area contributed by atoms with Gasteiger partial charge in [-0.15, -0.1) is 0 Å². The Bertz CT molecular complexity index is 566. The third-order valence-corrected chi connectivity index (χ3v) is 4.01. The Hall–Kier alpha value is -1.72. The van der Waals surface area contributed by atoms with E-state index in [1.807, 2.05) is 31.6 Å². The van der Waals surface area contributed by atoms with E-state index in [2.05, 4.69) is 33.7 Å². The molecule has 3 rings (SSSR count). The van der Waals surface area contributed by atoms with E-state index in [0.29, 0.717) is 11.1 Å². The molecular formula is C15H20ClN5. The second-order valence-corrected chi connectivity index (χ2v) is 6.06. The summed E-state index contributed by atoms with van der Waals surface area (Å²) in [5.41, 5.74) is 5.18. The van der Waals surface area contributed by atoms with Crippen LogP contribution in [0.5, 0.6) is 0 Å². The maximum Gasteiger partial charge on any atom is 0.130 e. The Morgan fingerprint density at radius 1 is 1.38 bits per heavy atom. The highest BCUT2D eigenvalue weighted by Crippen LogP contribution is 2.26. The van der Waals surface area contributed by atoms with E-state index in [4.69, 9.17) is 11.6 Å². The van der Waals surface area contributed by atoms with Crippen LogP contribution in [-0.2, 0) is 0 Å². The largest absolute Gasteiger partial charge is 0.339 e. The standard InChI is InChI=1S/C15H20ClN5/c1-20-6-5-12(9-20)11-3-4-15(17-8-11)18-13-7-14(16)19-21(2)10-13/h3-4,7-8,10,12,19H,5-6,9H2,1-2H3,(H,17,18)/t12-/m1/s1. The van der Waals surface area contributed by atoms with Gasteiger partial charge in [0, 0.05) is 26.0 Å². The Balaban J connectivity index is 1.67. The molecular weight excluding hydrogens is 286 g/mol. The number of halogens is 1. The first-order chi connectivity index (χ1) is 10.1. The topological polar surface area (TPSA) is 43.4 Å². The predicted octanol–water partition coefficient (Wildman–Crippen LogP) is 2.28. The average molecular weight is 306 g/mol. The number of likely N-dealkylation sites (N-methyl/N-ethyl adjacent to an activating group) is 1. The predicted molar refractivity (Wildman–Crippen MR) is 85.6 cm³/mol. The fraction of sp³-hybridized carbons (Fsp3) is 0.400. The van der Waals surface area contributed by atoms with E-state index in [-0.39, 0.29) is 0 Å². The number of hydrazine groups is 1. The second-order valence-electron chi connectivity index (χ2n) is 5.65. The lowest BCUT2D eigenvalue weighted by Gasteiger charge is -2.22. The summed E-state index contributed by atoms with van der Waals surface area (Å²) in [5, 5.41) is 5.64. The summed E-state index contributed by atoms with van der Waals surface area (Å²) in [5.74, 6) is 1.43. The minimum absolute atomic E-state index is 0.577. The van der Waals surface area contributed by atoms with Crippen molar-refractivity contribution in [3.8, 4) is 0 Å². The molecule has 0 aromatic carbocycles. The first-order valence-electron chi connectivity index (χ1n) is 7.10. The summed E-state index contributed by atoms with van der Waals surface area (Å²) < 4.78 is 0. The fourth-order valence-corrected chi connectivity index (χ4v) is 3.01. The van der Waals surface area contributed by atoms with Gasteiger partial charge in [0.25, 0.3) is 0 Å². The van der Waals surface area contributed by atoms with Gasteiger partial charge in [-0.2, -0.15) is 0 Å². The van der Waals surface area contributed by atoms with Crippen LogP contribution in [0, 0.1) is 0 Å². The van der Waals surface area contributed by atoms with Gasteiger partial charge in [0.2, 0.25) is 0 Å². The average Bonchev–Trinajstić information content (AvgIpc) is 2.85. The molecule has 6 heteroatoms. The number of hydrogen-bond acceptors (Lipinski definition) is 5. The van der Waals surface area contributed by atoms with Crippen LogP contribution in [0.25, 0.3) is 0 Å². The van der Waals surface area contributed by atoms with Crippen LogP contribution in [0.4, 0.5) is 5.82 Å². The van der Waals surface area contributed by atoms with E-state index in [9.17, 15) is 0 Å². The zero-order valence-electron chi connectivity index (χ0n) is 12.3. The number of aromatic nitrogens is 1. The summed E-state index contributed by atoms with van der Waals surface area (Å²) in [6, 6.07) is 4.19. The SMILES string of the molecule is CN1CC[C@@H](c2ccc(NC3=CN(C)NC(Cl)=C3)nc2)C1. The molecule has 0 bridgehead atoms. The molecule has 3 heterocycles. The number of rotatable bonds is 3. The normalized spacial score (nSPS) is 22.6. The van der Waals surface area contributed by atoms with E-state index in [1.54, 1.807) is 5.01 Å². The van der Waals surface area contributed by atoms with Gasteiger partial charge < -0.3 is 10.2 Å². The minimum atomic E-state index is 0.577. The fourth-order valence-electron chi connectivity index (χ4n) is 2.76. The van der Waals surface area contributed by atoms with Crippen molar-refractivity contribution in [2.24, 2.45) is 0 Å². The van der Waals surface area contributed by atoms with Crippen LogP contribution in [0.1, 0.15) is 17.9 Å². The molecule has 5 nitrogen and oxygen atoms in total. The molecule has 2 N–H and O–H groups in total. The Labute approximate surface area is 130 Å². The molecule has 1 atom stereocenters. The van der Waals surface area contributed by atoms with Crippen molar-refractivity contribution in [3.63, 3.8) is 0 Å². The smallest absolute Gasteiger partial charge is 0.130 e. The van der Waals surface area contributed by atoms with Crippen molar-refractivity contribution >= 4 is 17.4 Å². The molecule has 112 valence electrons. The number of hydrogen-bond donors (Lipinski definition) is 2. The van der Waals surface area contributed by atoms with Gasteiger partial charge in [0.15, 0.2) is 0 Å². The number of nitrogens with zero attached hydrogens (tertiary/aromatic N) is 3. The van der Waals surface area contributed by atoms with E-state index < -0.39 is 0 Å². The Morgan fingerprint density at radius 3 is 2.86 bits per heavy atom. The summed E-state index contributed by atoms with van der Waals surface area (Å²) in [6.45, 7) is 2.29. The van der Waals surface area contributed by atoms with Crippen LogP contribution >= 0.6 is 11.6 Å². The van der Waals surface area contributed by atoms with Gasteiger partial charge in [-0.25, -0.2) is 4.98 Å². The minimum Gasteiger partial charge on any atom is -0.339 e. The maximum atomic E-state index is 6.00. The van der Waals surface area contributed by atoms with Crippen molar-refractivity contribution in [3.05, 3.63) is 47.0 Å². The second kappa shape index (κ2) is 5.95. The number of pyridine rings is 1. The first kappa shape index (κ1) is 14.2. The van der Waals surface area contributed by atoms with Gasteiger partial charge in [0.1, 0.15) is 11.0 Å². The number of nitrogens with one attached hydrogen (secondary N) is 2. The van der Waals surface area contributed by atoms with Crippen molar-refractivity contribution < 1.29 is 0 Å². The van der Waals surface area contributed by atoms with E-state index >= 15 is 0 Å². The first-order valence-corrected chi connectivity index (χ1v) is 7.48. The van der Waals surface area contributed by atoms with Crippen LogP contribution < -0.4 is 10.7 Å². The van der Waals surface area contributed by atoms with Gasteiger partial charge in [-0.3, -0.25) is 10.4 Å². The summed E-state index contributed by atoms with van der Waals surface area (Å²) in [6.07, 6.45) is 6.95. The van der Waals surface area contributed by atoms with Gasteiger partial charge in [-0.1, -0.05) is 17.7 Å². The number of allylic oxidation sites excluding steroid dienone is 1. The third-order valence-electron chi connectivity index (χ3n) is 3.82. The molecule has 0 spiro atoms. The van der Waals surface area contributed by atoms with E-state index in [1.165, 1.54) is 18.5 Å². The molecule has 2 aliphatic heterocycles. The number of likely N-dealkylation sites (tertiary alicyclic amines) is 1. The molecule has 2 aliphatic rings. The van der Waals surface area contributed by atoms with Crippen LogP contribution in [0.15, 0.2) is 41.5 Å². The quantitative estimate of drug-likeness (QED) is 0.839. The lowest BCUT2D eigenvalue weighted by atomic mass is 10.0. The molecule has 1 saturated heterocycles. The van der Waals surface area contributed by atoms with Gasteiger partial charge in [0.05, 0.1) is 5.70 Å². The summed E-state index contributed by atoms with van der Waals surface area (Å²) >= 11 is 6.00. The van der Waals surface area contributed by atoms with Crippen molar-refractivity contribution in [2.75, 3.05) is 32.5 Å². The monoisotopic (exact) mass is 305 g/mol. The summed E-state index contributed by atoms with van der Waals surface area (Å²) in [7, 11) is 4.06.